The highest BCUT2D eigenvalue weighted by Gasteiger charge is 2.32. The van der Waals surface area contributed by atoms with Crippen LogP contribution in [0.25, 0.3) is 21.6 Å². The van der Waals surface area contributed by atoms with Gasteiger partial charge in [-0.05, 0) is 42.0 Å². The highest BCUT2D eigenvalue weighted by molar-refractivity contribution is 7.14. The van der Waals surface area contributed by atoms with Crippen LogP contribution in [-0.4, -0.2) is 22.9 Å². The molecule has 0 bridgehead atoms. The van der Waals surface area contributed by atoms with Crippen LogP contribution in [0.2, 0.25) is 0 Å². The maximum Gasteiger partial charge on any atom is 0.229 e. The summed E-state index contributed by atoms with van der Waals surface area (Å²) in [5.41, 5.74) is 4.13. The van der Waals surface area contributed by atoms with Crippen LogP contribution in [0.5, 0.6) is 0 Å². The minimum absolute atomic E-state index is 0.191. The van der Waals surface area contributed by atoms with E-state index in [0.717, 1.165) is 40.1 Å². The Labute approximate surface area is 144 Å². The molecule has 0 N–H and O–H groups in total. The van der Waals surface area contributed by atoms with E-state index in [4.69, 9.17) is 0 Å². The van der Waals surface area contributed by atoms with Crippen LogP contribution in [-0.2, 0) is 4.79 Å². The zero-order chi connectivity index (χ0) is 16.5. The van der Waals surface area contributed by atoms with E-state index in [1.54, 1.807) is 28.6 Å². The Hall–Kier alpha value is -2.53. The van der Waals surface area contributed by atoms with Gasteiger partial charge in [-0.2, -0.15) is 0 Å². The van der Waals surface area contributed by atoms with E-state index in [1.807, 2.05) is 31.6 Å². The number of anilines is 1. The molecule has 1 aliphatic rings. The average molecular weight is 335 g/mol. The SMILES string of the molecule is CN(C(=O)C1CC1)c1cncc(-c2cc(-c3cccnc3)cs2)c1. The number of amides is 1. The Morgan fingerprint density at radius 2 is 1.96 bits per heavy atom. The molecule has 4 nitrogen and oxygen atoms in total. The molecule has 1 fully saturated rings. The zero-order valence-electron chi connectivity index (χ0n) is 13.3. The van der Waals surface area contributed by atoms with Gasteiger partial charge in [-0.1, -0.05) is 6.07 Å². The molecule has 1 amide bonds. The van der Waals surface area contributed by atoms with Crippen molar-refractivity contribution in [2.24, 2.45) is 5.92 Å². The maximum absolute atomic E-state index is 12.2. The first-order valence-corrected chi connectivity index (χ1v) is 8.82. The smallest absolute Gasteiger partial charge is 0.229 e. The summed E-state index contributed by atoms with van der Waals surface area (Å²) in [7, 11) is 1.83. The van der Waals surface area contributed by atoms with Gasteiger partial charge in [-0.25, -0.2) is 0 Å². The van der Waals surface area contributed by atoms with Crippen LogP contribution < -0.4 is 4.90 Å². The van der Waals surface area contributed by atoms with Gasteiger partial charge in [0.15, 0.2) is 0 Å². The Morgan fingerprint density at radius 1 is 1.12 bits per heavy atom. The van der Waals surface area contributed by atoms with Crippen molar-refractivity contribution in [2.75, 3.05) is 11.9 Å². The molecule has 0 saturated heterocycles. The van der Waals surface area contributed by atoms with Crippen LogP contribution >= 0.6 is 11.3 Å². The second kappa shape index (κ2) is 6.17. The van der Waals surface area contributed by atoms with Crippen molar-refractivity contribution >= 4 is 22.9 Å². The van der Waals surface area contributed by atoms with Crippen molar-refractivity contribution in [3.05, 3.63) is 54.4 Å². The van der Waals surface area contributed by atoms with E-state index in [-0.39, 0.29) is 11.8 Å². The minimum Gasteiger partial charge on any atom is -0.314 e. The van der Waals surface area contributed by atoms with Gasteiger partial charge in [-0.15, -0.1) is 11.3 Å². The van der Waals surface area contributed by atoms with Gasteiger partial charge in [0.25, 0.3) is 0 Å². The van der Waals surface area contributed by atoms with Gasteiger partial charge in [0, 0.05) is 47.6 Å². The molecule has 1 saturated carbocycles. The summed E-state index contributed by atoms with van der Waals surface area (Å²) in [6.45, 7) is 0. The number of rotatable bonds is 4. The topological polar surface area (TPSA) is 46.1 Å². The number of carbonyl (C=O) groups is 1. The quantitative estimate of drug-likeness (QED) is 0.716. The van der Waals surface area contributed by atoms with Gasteiger partial charge in [-0.3, -0.25) is 14.8 Å². The van der Waals surface area contributed by atoms with Gasteiger partial charge in [0.2, 0.25) is 5.91 Å². The highest BCUT2D eigenvalue weighted by Crippen LogP contribution is 2.35. The molecule has 5 heteroatoms. The first-order valence-electron chi connectivity index (χ1n) is 7.94. The van der Waals surface area contributed by atoms with Crippen molar-refractivity contribution in [1.82, 2.24) is 9.97 Å². The van der Waals surface area contributed by atoms with Crippen LogP contribution in [0.1, 0.15) is 12.8 Å². The lowest BCUT2D eigenvalue weighted by Crippen LogP contribution is -2.27. The van der Waals surface area contributed by atoms with Crippen LogP contribution in [0.3, 0.4) is 0 Å². The highest BCUT2D eigenvalue weighted by atomic mass is 32.1. The number of aromatic nitrogens is 2. The summed E-state index contributed by atoms with van der Waals surface area (Å²) in [6.07, 6.45) is 9.25. The first kappa shape index (κ1) is 15.0. The van der Waals surface area contributed by atoms with Gasteiger partial charge >= 0.3 is 0 Å². The van der Waals surface area contributed by atoms with Crippen molar-refractivity contribution < 1.29 is 4.79 Å². The summed E-state index contributed by atoms with van der Waals surface area (Å²) in [6, 6.07) is 8.17. The molecule has 120 valence electrons. The first-order chi connectivity index (χ1) is 11.7. The fraction of sp³-hybridized carbons (Fsp3) is 0.211. The number of nitrogens with zero attached hydrogens (tertiary/aromatic N) is 3. The number of thiophene rings is 1. The van der Waals surface area contributed by atoms with Crippen molar-refractivity contribution in [3.8, 4) is 21.6 Å². The summed E-state index contributed by atoms with van der Waals surface area (Å²) in [5, 5.41) is 2.12. The number of hydrogen-bond acceptors (Lipinski definition) is 4. The fourth-order valence-electron chi connectivity index (χ4n) is 2.65. The van der Waals surface area contributed by atoms with E-state index in [1.165, 1.54) is 0 Å². The lowest BCUT2D eigenvalue weighted by atomic mass is 10.1. The molecule has 4 rings (SSSR count). The maximum atomic E-state index is 12.2. The number of hydrogen-bond donors (Lipinski definition) is 0. The predicted molar refractivity (Wildman–Crippen MR) is 96.9 cm³/mol. The summed E-state index contributed by atoms with van der Waals surface area (Å²) in [5.74, 6) is 0.397. The number of pyridine rings is 2. The second-order valence-corrected chi connectivity index (χ2v) is 6.96. The van der Waals surface area contributed by atoms with Crippen LogP contribution in [0, 0.1) is 5.92 Å². The third kappa shape index (κ3) is 2.95. The standard InChI is InChI=1S/C19H17N3OS/c1-22(19(23)13-4-5-13)17-7-15(10-21-11-17)18-8-16(12-24-18)14-3-2-6-20-9-14/h2-3,6-13H,4-5H2,1H3. The van der Waals surface area contributed by atoms with Crippen molar-refractivity contribution in [3.63, 3.8) is 0 Å². The molecular weight excluding hydrogens is 318 g/mol. The monoisotopic (exact) mass is 335 g/mol. The van der Waals surface area contributed by atoms with E-state index in [0.29, 0.717) is 0 Å². The lowest BCUT2D eigenvalue weighted by molar-refractivity contribution is -0.119. The Bertz CT molecular complexity index is 871. The molecule has 0 atom stereocenters. The van der Waals surface area contributed by atoms with Crippen LogP contribution in [0.4, 0.5) is 5.69 Å². The summed E-state index contributed by atoms with van der Waals surface area (Å²) in [4.78, 5) is 23.6. The summed E-state index contributed by atoms with van der Waals surface area (Å²) < 4.78 is 0. The number of carbonyl (C=O) groups excluding carboxylic acids is 1. The molecule has 0 aliphatic heterocycles. The molecular formula is C19H17N3OS. The van der Waals surface area contributed by atoms with Crippen LogP contribution in [0.15, 0.2) is 54.4 Å². The molecule has 3 aromatic heterocycles. The molecule has 3 aromatic rings. The Balaban J connectivity index is 1.62. The molecule has 0 unspecified atom stereocenters. The minimum atomic E-state index is 0.191. The third-order valence-corrected chi connectivity index (χ3v) is 5.23. The van der Waals surface area contributed by atoms with E-state index >= 15 is 0 Å². The zero-order valence-corrected chi connectivity index (χ0v) is 14.2. The van der Waals surface area contributed by atoms with E-state index in [9.17, 15) is 4.79 Å². The van der Waals surface area contributed by atoms with Gasteiger partial charge in [0.05, 0.1) is 11.9 Å². The molecule has 0 spiro atoms. The second-order valence-electron chi connectivity index (χ2n) is 6.04. The average Bonchev–Trinajstić information content (AvgIpc) is 3.37. The van der Waals surface area contributed by atoms with Gasteiger partial charge in [0.1, 0.15) is 0 Å². The Morgan fingerprint density at radius 3 is 2.71 bits per heavy atom. The van der Waals surface area contributed by atoms with E-state index in [2.05, 4.69) is 27.5 Å². The third-order valence-electron chi connectivity index (χ3n) is 4.25. The predicted octanol–water partition coefficient (Wildman–Crippen LogP) is 4.24. The molecule has 24 heavy (non-hydrogen) atoms. The van der Waals surface area contributed by atoms with Crippen molar-refractivity contribution in [2.45, 2.75) is 12.8 Å². The molecule has 0 aromatic carbocycles. The normalized spacial score (nSPS) is 13.7. The fourth-order valence-corrected chi connectivity index (χ4v) is 3.55. The molecule has 3 heterocycles. The lowest BCUT2D eigenvalue weighted by Gasteiger charge is -2.17. The summed E-state index contributed by atoms with van der Waals surface area (Å²) >= 11 is 1.67. The largest absolute Gasteiger partial charge is 0.314 e. The van der Waals surface area contributed by atoms with Gasteiger partial charge < -0.3 is 4.90 Å². The van der Waals surface area contributed by atoms with Crippen molar-refractivity contribution in [1.29, 1.82) is 0 Å². The van der Waals surface area contributed by atoms with E-state index < -0.39 is 0 Å². The Kier molecular flexibility index (Phi) is 3.86. The molecule has 1 aliphatic carbocycles. The molecule has 0 radical (unpaired) electrons.